The minimum Gasteiger partial charge on any atom is -0.444 e. The zero-order valence-electron chi connectivity index (χ0n) is 11.9. The minimum atomic E-state index is -0.389. The summed E-state index contributed by atoms with van der Waals surface area (Å²) in [7, 11) is 1.54. The van der Waals surface area contributed by atoms with E-state index in [2.05, 4.69) is 36.5 Å². The molecule has 1 rings (SSSR count). The quantitative estimate of drug-likeness (QED) is 0.807. The second kappa shape index (κ2) is 7.71. The van der Waals surface area contributed by atoms with Crippen LogP contribution >= 0.6 is 0 Å². The first-order chi connectivity index (χ1) is 8.28. The first-order valence-corrected chi connectivity index (χ1v) is 5.95. The normalized spacial score (nSPS) is 10.1. The van der Waals surface area contributed by atoms with Gasteiger partial charge in [0.05, 0.1) is 0 Å². The van der Waals surface area contributed by atoms with Crippen molar-refractivity contribution in [2.75, 3.05) is 7.05 Å². The van der Waals surface area contributed by atoms with Crippen LogP contribution in [0.2, 0.25) is 0 Å². The molecule has 0 aliphatic heterocycles. The van der Waals surface area contributed by atoms with Gasteiger partial charge in [-0.1, -0.05) is 29.8 Å². The van der Waals surface area contributed by atoms with Crippen LogP contribution in [0.1, 0.15) is 31.9 Å². The molecule has 0 fully saturated rings. The lowest BCUT2D eigenvalue weighted by molar-refractivity contribution is 0.0541. The molecule has 3 N–H and O–H groups in total. The molecule has 102 valence electrons. The highest BCUT2D eigenvalue weighted by atomic mass is 16.6. The van der Waals surface area contributed by atoms with Gasteiger partial charge >= 0.3 is 6.09 Å². The fraction of sp³-hybridized carbons (Fsp3) is 0.500. The van der Waals surface area contributed by atoms with E-state index in [9.17, 15) is 4.79 Å². The number of ether oxygens (including phenoxy) is 1. The lowest BCUT2D eigenvalue weighted by Crippen LogP contribution is -2.30. The van der Waals surface area contributed by atoms with Crippen LogP contribution < -0.4 is 11.1 Å². The van der Waals surface area contributed by atoms with E-state index in [1.807, 2.05) is 20.8 Å². The minimum absolute atomic E-state index is 0.387. The Hall–Kier alpha value is -1.55. The van der Waals surface area contributed by atoms with Crippen molar-refractivity contribution >= 4 is 6.09 Å². The van der Waals surface area contributed by atoms with Crippen molar-refractivity contribution in [1.29, 1.82) is 0 Å². The van der Waals surface area contributed by atoms with Crippen LogP contribution in [0.4, 0.5) is 4.79 Å². The van der Waals surface area contributed by atoms with Crippen LogP contribution in [0.5, 0.6) is 0 Å². The number of aryl methyl sites for hydroxylation is 1. The molecule has 0 aliphatic carbocycles. The topological polar surface area (TPSA) is 64.3 Å². The van der Waals surface area contributed by atoms with Gasteiger partial charge in [0.15, 0.2) is 0 Å². The van der Waals surface area contributed by atoms with Gasteiger partial charge in [-0.2, -0.15) is 0 Å². The van der Waals surface area contributed by atoms with Crippen molar-refractivity contribution in [3.63, 3.8) is 0 Å². The lowest BCUT2D eigenvalue weighted by atomic mass is 10.2. The van der Waals surface area contributed by atoms with E-state index < -0.39 is 0 Å². The summed E-state index contributed by atoms with van der Waals surface area (Å²) in [5, 5.41) is 2.36. The number of carbonyl (C=O) groups is 1. The van der Waals surface area contributed by atoms with Crippen LogP contribution in [-0.2, 0) is 11.3 Å². The highest BCUT2D eigenvalue weighted by molar-refractivity contribution is 5.67. The second-order valence-corrected chi connectivity index (χ2v) is 4.94. The standard InChI is InChI=1S/C8H11N.C6H13NO2/c1-7-2-4-8(6-9)5-3-7;1-6(2,3)9-5(8)7-4/h2-5H,6,9H2,1H3;1-4H3,(H,7,8). The van der Waals surface area contributed by atoms with Gasteiger partial charge in [0.1, 0.15) is 5.60 Å². The summed E-state index contributed by atoms with van der Waals surface area (Å²) in [6.45, 7) is 8.17. The fourth-order valence-electron chi connectivity index (χ4n) is 1.05. The van der Waals surface area contributed by atoms with Crippen LogP contribution in [0, 0.1) is 6.92 Å². The number of hydrogen-bond acceptors (Lipinski definition) is 3. The molecule has 0 saturated heterocycles. The number of benzene rings is 1. The second-order valence-electron chi connectivity index (χ2n) is 4.94. The number of rotatable bonds is 1. The molecule has 0 aromatic heterocycles. The Labute approximate surface area is 110 Å². The van der Waals surface area contributed by atoms with Crippen LogP contribution in [0.25, 0.3) is 0 Å². The molecule has 4 heteroatoms. The molecule has 18 heavy (non-hydrogen) atoms. The Morgan fingerprint density at radius 3 is 2.06 bits per heavy atom. The van der Waals surface area contributed by atoms with E-state index in [1.54, 1.807) is 0 Å². The number of alkyl carbamates (subject to hydrolysis) is 1. The van der Waals surface area contributed by atoms with Gasteiger partial charge < -0.3 is 15.8 Å². The van der Waals surface area contributed by atoms with E-state index in [0.717, 1.165) is 0 Å². The van der Waals surface area contributed by atoms with Crippen LogP contribution in [0.15, 0.2) is 24.3 Å². The summed E-state index contributed by atoms with van der Waals surface area (Å²) in [5.41, 5.74) is 7.49. The molecular formula is C14H24N2O2. The molecule has 0 bridgehead atoms. The Balaban J connectivity index is 0.000000321. The van der Waals surface area contributed by atoms with E-state index >= 15 is 0 Å². The number of carbonyl (C=O) groups excluding carboxylic acids is 1. The van der Waals surface area contributed by atoms with Crippen molar-refractivity contribution in [3.8, 4) is 0 Å². The Bertz CT molecular complexity index is 353. The maximum atomic E-state index is 10.5. The zero-order valence-corrected chi connectivity index (χ0v) is 11.9. The van der Waals surface area contributed by atoms with E-state index in [0.29, 0.717) is 6.54 Å². The van der Waals surface area contributed by atoms with E-state index in [1.165, 1.54) is 18.2 Å². The molecule has 0 aliphatic rings. The largest absolute Gasteiger partial charge is 0.444 e. The zero-order chi connectivity index (χ0) is 14.2. The maximum Gasteiger partial charge on any atom is 0.407 e. The maximum absolute atomic E-state index is 10.5. The van der Waals surface area contributed by atoms with Crippen LogP contribution in [0.3, 0.4) is 0 Å². The summed E-state index contributed by atoms with van der Waals surface area (Å²) in [4.78, 5) is 10.5. The smallest absolute Gasteiger partial charge is 0.407 e. The van der Waals surface area contributed by atoms with Crippen molar-refractivity contribution in [1.82, 2.24) is 5.32 Å². The lowest BCUT2D eigenvalue weighted by Gasteiger charge is -2.18. The van der Waals surface area contributed by atoms with E-state index in [4.69, 9.17) is 10.5 Å². The van der Waals surface area contributed by atoms with Gasteiger partial charge in [-0.3, -0.25) is 0 Å². The number of nitrogens with two attached hydrogens (primary N) is 1. The molecule has 0 heterocycles. The van der Waals surface area contributed by atoms with Gasteiger partial charge in [-0.05, 0) is 33.3 Å². The predicted molar refractivity (Wildman–Crippen MR) is 74.4 cm³/mol. The number of amides is 1. The SMILES string of the molecule is CNC(=O)OC(C)(C)C.Cc1ccc(CN)cc1. The average Bonchev–Trinajstić information content (AvgIpc) is 2.28. The molecule has 1 aromatic rings. The molecule has 0 spiro atoms. The predicted octanol–water partition coefficient (Wildman–Crippen LogP) is 2.59. The third kappa shape index (κ3) is 8.58. The van der Waals surface area contributed by atoms with Gasteiger partial charge in [0.2, 0.25) is 0 Å². The highest BCUT2D eigenvalue weighted by Crippen LogP contribution is 2.05. The summed E-state index contributed by atoms with van der Waals surface area (Å²) >= 11 is 0. The van der Waals surface area contributed by atoms with Crippen molar-refractivity contribution in [2.45, 2.75) is 39.8 Å². The van der Waals surface area contributed by atoms with Gasteiger partial charge in [0, 0.05) is 13.6 Å². The third-order valence-electron chi connectivity index (χ3n) is 1.96. The van der Waals surface area contributed by atoms with Gasteiger partial charge in [-0.25, -0.2) is 4.79 Å². The Morgan fingerprint density at radius 2 is 1.78 bits per heavy atom. The summed E-state index contributed by atoms with van der Waals surface area (Å²) < 4.78 is 4.84. The van der Waals surface area contributed by atoms with Crippen molar-refractivity contribution in [2.24, 2.45) is 5.73 Å². The summed E-state index contributed by atoms with van der Waals surface area (Å²) in [6, 6.07) is 8.25. The molecule has 0 atom stereocenters. The summed E-state index contributed by atoms with van der Waals surface area (Å²) in [6.07, 6.45) is -0.387. The van der Waals surface area contributed by atoms with Crippen LogP contribution in [-0.4, -0.2) is 18.7 Å². The molecule has 1 amide bonds. The monoisotopic (exact) mass is 252 g/mol. The van der Waals surface area contributed by atoms with Crippen molar-refractivity contribution < 1.29 is 9.53 Å². The molecule has 0 radical (unpaired) electrons. The van der Waals surface area contributed by atoms with Gasteiger partial charge in [0.25, 0.3) is 0 Å². The molecule has 4 nitrogen and oxygen atoms in total. The third-order valence-corrected chi connectivity index (χ3v) is 1.96. The summed E-state index contributed by atoms with van der Waals surface area (Å²) in [5.74, 6) is 0. The number of hydrogen-bond donors (Lipinski definition) is 2. The first kappa shape index (κ1) is 16.4. The van der Waals surface area contributed by atoms with Gasteiger partial charge in [-0.15, -0.1) is 0 Å². The van der Waals surface area contributed by atoms with Crippen molar-refractivity contribution in [3.05, 3.63) is 35.4 Å². The van der Waals surface area contributed by atoms with E-state index in [-0.39, 0.29) is 11.7 Å². The molecule has 1 aromatic carbocycles. The first-order valence-electron chi connectivity index (χ1n) is 5.95. The molecular weight excluding hydrogens is 228 g/mol. The fourth-order valence-corrected chi connectivity index (χ4v) is 1.05. The Morgan fingerprint density at radius 1 is 1.28 bits per heavy atom. The molecule has 0 saturated carbocycles. The highest BCUT2D eigenvalue weighted by Gasteiger charge is 2.13. The average molecular weight is 252 g/mol. The number of nitrogens with one attached hydrogen (secondary N) is 1. The molecule has 0 unspecified atom stereocenters. The Kier molecular flexibility index (Phi) is 7.05.